The van der Waals surface area contributed by atoms with Gasteiger partial charge in [-0.25, -0.2) is 4.79 Å². The van der Waals surface area contributed by atoms with Gasteiger partial charge in [0.05, 0.1) is 23.4 Å². The first-order chi connectivity index (χ1) is 15.2. The van der Waals surface area contributed by atoms with Crippen molar-refractivity contribution in [2.45, 2.75) is 6.04 Å². The van der Waals surface area contributed by atoms with E-state index in [2.05, 4.69) is 20.8 Å². The van der Waals surface area contributed by atoms with Crippen LogP contribution in [0.2, 0.25) is 5.02 Å². The normalized spacial score (nSPS) is 11.5. The van der Waals surface area contributed by atoms with E-state index in [0.29, 0.717) is 22.0 Å². The molecule has 0 radical (unpaired) electrons. The van der Waals surface area contributed by atoms with Crippen LogP contribution >= 0.6 is 11.6 Å². The van der Waals surface area contributed by atoms with Crippen LogP contribution in [0.15, 0.2) is 83.3 Å². The number of para-hydroxylation sites is 2. The summed E-state index contributed by atoms with van der Waals surface area (Å²) in [5.74, 6) is 1.05. The van der Waals surface area contributed by atoms with Gasteiger partial charge in [-0.1, -0.05) is 66.2 Å². The molecule has 0 bridgehead atoms. The van der Waals surface area contributed by atoms with Crippen molar-refractivity contribution >= 4 is 23.3 Å². The lowest BCUT2D eigenvalue weighted by atomic mass is 10.1. The van der Waals surface area contributed by atoms with E-state index in [1.807, 2.05) is 48.5 Å². The number of amides is 2. The van der Waals surface area contributed by atoms with Crippen LogP contribution in [0.5, 0.6) is 5.75 Å². The van der Waals surface area contributed by atoms with Crippen molar-refractivity contribution in [2.24, 2.45) is 0 Å². The molecule has 1 atom stereocenters. The van der Waals surface area contributed by atoms with Crippen molar-refractivity contribution in [1.82, 2.24) is 15.5 Å². The number of nitrogens with zero attached hydrogens (tertiary/aromatic N) is 2. The highest BCUT2D eigenvalue weighted by atomic mass is 35.5. The Kier molecular flexibility index (Phi) is 6.14. The second-order valence-electron chi connectivity index (χ2n) is 6.57. The number of urea groups is 1. The zero-order chi connectivity index (χ0) is 21.6. The Hall–Kier alpha value is -3.84. The second-order valence-corrected chi connectivity index (χ2v) is 6.97. The Morgan fingerprint density at radius 2 is 1.68 bits per heavy atom. The van der Waals surface area contributed by atoms with Crippen LogP contribution in [0, 0.1) is 0 Å². The molecule has 0 aliphatic heterocycles. The lowest BCUT2D eigenvalue weighted by molar-refractivity contribution is 0.248. The van der Waals surface area contributed by atoms with E-state index < -0.39 is 12.1 Å². The molecule has 8 heteroatoms. The van der Waals surface area contributed by atoms with E-state index in [-0.39, 0.29) is 11.8 Å². The van der Waals surface area contributed by atoms with Crippen molar-refractivity contribution in [3.63, 3.8) is 0 Å². The Labute approximate surface area is 184 Å². The third kappa shape index (κ3) is 4.67. The molecular formula is C23H19ClN4O3. The third-order valence-electron chi connectivity index (χ3n) is 4.56. The van der Waals surface area contributed by atoms with Crippen LogP contribution in [-0.2, 0) is 0 Å². The molecule has 0 fully saturated rings. The molecule has 4 rings (SSSR count). The summed E-state index contributed by atoms with van der Waals surface area (Å²) in [6, 6.07) is 22.6. The molecule has 0 aliphatic carbocycles. The summed E-state index contributed by atoms with van der Waals surface area (Å²) in [5, 5.41) is 14.5. The standard InChI is InChI=1S/C23H19ClN4O3/c1-30-19-14-8-7-13-18(19)25-23(29)26-20(15-9-3-2-4-10-15)22-28-27-21(31-22)16-11-5-6-12-17(16)24/h2-14,20H,1H3,(H2,25,26,29). The number of rotatable bonds is 6. The quantitative estimate of drug-likeness (QED) is 0.429. The average molecular weight is 435 g/mol. The first-order valence-corrected chi connectivity index (χ1v) is 9.87. The van der Waals surface area contributed by atoms with Gasteiger partial charge in [-0.05, 0) is 29.8 Å². The number of hydrogen-bond donors (Lipinski definition) is 2. The van der Waals surface area contributed by atoms with E-state index in [0.717, 1.165) is 5.56 Å². The van der Waals surface area contributed by atoms with Crippen molar-refractivity contribution in [1.29, 1.82) is 0 Å². The molecule has 2 amide bonds. The number of carbonyl (C=O) groups excluding carboxylic acids is 1. The highest BCUT2D eigenvalue weighted by molar-refractivity contribution is 6.33. The van der Waals surface area contributed by atoms with Gasteiger partial charge in [0, 0.05) is 0 Å². The minimum Gasteiger partial charge on any atom is -0.495 e. The van der Waals surface area contributed by atoms with Gasteiger partial charge in [-0.2, -0.15) is 0 Å². The zero-order valence-corrected chi connectivity index (χ0v) is 17.3. The number of nitrogens with one attached hydrogen (secondary N) is 2. The Bertz CT molecular complexity index is 1180. The van der Waals surface area contributed by atoms with Crippen LogP contribution in [-0.4, -0.2) is 23.3 Å². The smallest absolute Gasteiger partial charge is 0.320 e. The molecule has 4 aromatic rings. The second kappa shape index (κ2) is 9.32. The van der Waals surface area contributed by atoms with Crippen LogP contribution in [0.4, 0.5) is 10.5 Å². The largest absolute Gasteiger partial charge is 0.495 e. The van der Waals surface area contributed by atoms with Gasteiger partial charge in [0.2, 0.25) is 11.8 Å². The lowest BCUT2D eigenvalue weighted by Gasteiger charge is -2.17. The van der Waals surface area contributed by atoms with E-state index in [4.69, 9.17) is 20.8 Å². The van der Waals surface area contributed by atoms with Gasteiger partial charge < -0.3 is 19.8 Å². The number of hydrogen-bond acceptors (Lipinski definition) is 5. The predicted octanol–water partition coefficient (Wildman–Crippen LogP) is 5.31. The number of anilines is 1. The van der Waals surface area contributed by atoms with E-state index >= 15 is 0 Å². The monoisotopic (exact) mass is 434 g/mol. The predicted molar refractivity (Wildman–Crippen MR) is 118 cm³/mol. The first kappa shape index (κ1) is 20.4. The van der Waals surface area contributed by atoms with Gasteiger partial charge in [0.25, 0.3) is 0 Å². The van der Waals surface area contributed by atoms with E-state index in [1.54, 1.807) is 37.4 Å². The molecular weight excluding hydrogens is 416 g/mol. The Balaban J connectivity index is 1.62. The number of aromatic nitrogens is 2. The van der Waals surface area contributed by atoms with Gasteiger partial charge in [0.15, 0.2) is 0 Å². The maximum absolute atomic E-state index is 12.8. The summed E-state index contributed by atoms with van der Waals surface area (Å²) < 4.78 is 11.2. The van der Waals surface area contributed by atoms with Crippen molar-refractivity contribution in [2.75, 3.05) is 12.4 Å². The van der Waals surface area contributed by atoms with Crippen LogP contribution in [0.3, 0.4) is 0 Å². The molecule has 0 spiro atoms. The molecule has 156 valence electrons. The molecule has 7 nitrogen and oxygen atoms in total. The van der Waals surface area contributed by atoms with E-state index in [9.17, 15) is 4.79 Å². The highest BCUT2D eigenvalue weighted by Crippen LogP contribution is 2.29. The molecule has 0 saturated heterocycles. The van der Waals surface area contributed by atoms with Crippen LogP contribution < -0.4 is 15.4 Å². The summed E-state index contributed by atoms with van der Waals surface area (Å²) >= 11 is 6.25. The molecule has 3 aromatic carbocycles. The van der Waals surface area contributed by atoms with Crippen LogP contribution in [0.1, 0.15) is 17.5 Å². The number of halogens is 1. The number of methoxy groups -OCH3 is 1. The molecule has 31 heavy (non-hydrogen) atoms. The summed E-state index contributed by atoms with van der Waals surface area (Å²) in [6.45, 7) is 0. The maximum atomic E-state index is 12.8. The van der Waals surface area contributed by atoms with Crippen molar-refractivity contribution < 1.29 is 13.9 Å². The molecule has 1 heterocycles. The number of ether oxygens (including phenoxy) is 1. The average Bonchev–Trinajstić information content (AvgIpc) is 3.28. The fourth-order valence-corrected chi connectivity index (χ4v) is 3.28. The van der Waals surface area contributed by atoms with Gasteiger partial charge >= 0.3 is 6.03 Å². The summed E-state index contributed by atoms with van der Waals surface area (Å²) in [4.78, 5) is 12.8. The van der Waals surface area contributed by atoms with Crippen molar-refractivity contribution in [3.05, 3.63) is 95.3 Å². The summed E-state index contributed by atoms with van der Waals surface area (Å²) in [7, 11) is 1.54. The highest BCUT2D eigenvalue weighted by Gasteiger charge is 2.24. The third-order valence-corrected chi connectivity index (χ3v) is 4.88. The Morgan fingerprint density at radius 3 is 2.45 bits per heavy atom. The molecule has 0 aliphatic rings. The topological polar surface area (TPSA) is 89.3 Å². The minimum atomic E-state index is -0.667. The molecule has 1 aromatic heterocycles. The lowest BCUT2D eigenvalue weighted by Crippen LogP contribution is -2.33. The minimum absolute atomic E-state index is 0.233. The van der Waals surface area contributed by atoms with E-state index in [1.165, 1.54) is 0 Å². The van der Waals surface area contributed by atoms with Crippen molar-refractivity contribution in [3.8, 4) is 17.2 Å². The van der Waals surface area contributed by atoms with Crippen LogP contribution in [0.25, 0.3) is 11.5 Å². The maximum Gasteiger partial charge on any atom is 0.320 e. The first-order valence-electron chi connectivity index (χ1n) is 9.49. The molecule has 0 saturated carbocycles. The zero-order valence-electron chi connectivity index (χ0n) is 16.6. The molecule has 2 N–H and O–H groups in total. The Morgan fingerprint density at radius 1 is 0.968 bits per heavy atom. The number of benzene rings is 3. The molecule has 1 unspecified atom stereocenters. The van der Waals surface area contributed by atoms with Gasteiger partial charge in [-0.3, -0.25) is 0 Å². The summed E-state index contributed by atoms with van der Waals surface area (Å²) in [5.41, 5.74) is 1.94. The van der Waals surface area contributed by atoms with Gasteiger partial charge in [-0.15, -0.1) is 10.2 Å². The number of carbonyl (C=O) groups is 1. The fourth-order valence-electron chi connectivity index (χ4n) is 3.07. The summed E-state index contributed by atoms with van der Waals surface area (Å²) in [6.07, 6.45) is 0. The van der Waals surface area contributed by atoms with Gasteiger partial charge in [0.1, 0.15) is 11.8 Å². The fraction of sp³-hybridized carbons (Fsp3) is 0.0870. The SMILES string of the molecule is COc1ccccc1NC(=O)NC(c1ccccc1)c1nnc(-c2ccccc2Cl)o1.